The zero-order chi connectivity index (χ0) is 15.6. The van der Waals surface area contributed by atoms with Crippen molar-refractivity contribution in [2.75, 3.05) is 31.4 Å². The summed E-state index contributed by atoms with van der Waals surface area (Å²) in [5.74, 6) is 3.66. The monoisotopic (exact) mass is 348 g/mol. The minimum Gasteiger partial charge on any atom is -0.454 e. The second kappa shape index (κ2) is 6.41. The molecule has 1 saturated heterocycles. The lowest BCUT2D eigenvalue weighted by atomic mass is 10.2. The van der Waals surface area contributed by atoms with E-state index in [2.05, 4.69) is 4.98 Å². The number of rotatable bonds is 2. The van der Waals surface area contributed by atoms with E-state index in [0.717, 1.165) is 53.1 Å². The Kier molecular flexibility index (Phi) is 4.13. The molecule has 4 rings (SSSR count). The first-order valence-electron chi connectivity index (χ1n) is 7.54. The highest BCUT2D eigenvalue weighted by atomic mass is 32.2. The molecule has 2 aliphatic heterocycles. The molecule has 0 radical (unpaired) electrons. The Labute approximate surface area is 142 Å². The highest BCUT2D eigenvalue weighted by molar-refractivity contribution is 7.99. The van der Waals surface area contributed by atoms with Crippen molar-refractivity contribution in [3.05, 3.63) is 29.3 Å². The van der Waals surface area contributed by atoms with Crippen LogP contribution >= 0.6 is 23.1 Å². The van der Waals surface area contributed by atoms with Gasteiger partial charge in [-0.15, -0.1) is 11.3 Å². The molecule has 2 aromatic rings. The molecule has 23 heavy (non-hydrogen) atoms. The SMILES string of the molecule is O=C(c1csc(-c2ccc3c(c2)OCO3)n1)N1CCCSCC1. The fourth-order valence-corrected chi connectivity index (χ4v) is 4.32. The number of thiazole rings is 1. The summed E-state index contributed by atoms with van der Waals surface area (Å²) in [6.45, 7) is 1.89. The van der Waals surface area contributed by atoms with Crippen LogP contribution in [0.5, 0.6) is 11.5 Å². The number of thioether (sulfide) groups is 1. The van der Waals surface area contributed by atoms with Crippen LogP contribution < -0.4 is 9.47 Å². The van der Waals surface area contributed by atoms with E-state index in [4.69, 9.17) is 9.47 Å². The van der Waals surface area contributed by atoms with Gasteiger partial charge < -0.3 is 14.4 Å². The van der Waals surface area contributed by atoms with Crippen LogP contribution in [0.2, 0.25) is 0 Å². The minimum atomic E-state index is 0.0377. The van der Waals surface area contributed by atoms with Gasteiger partial charge in [-0.3, -0.25) is 4.79 Å². The second-order valence-electron chi connectivity index (χ2n) is 5.36. The zero-order valence-electron chi connectivity index (χ0n) is 12.5. The number of hydrogen-bond acceptors (Lipinski definition) is 6. The van der Waals surface area contributed by atoms with Crippen LogP contribution in [0.4, 0.5) is 0 Å². The van der Waals surface area contributed by atoms with Crippen molar-refractivity contribution in [2.45, 2.75) is 6.42 Å². The van der Waals surface area contributed by atoms with E-state index >= 15 is 0 Å². The zero-order valence-corrected chi connectivity index (χ0v) is 14.1. The lowest BCUT2D eigenvalue weighted by Crippen LogP contribution is -2.33. The molecule has 0 N–H and O–H groups in total. The van der Waals surface area contributed by atoms with Crippen LogP contribution in [-0.2, 0) is 0 Å². The van der Waals surface area contributed by atoms with E-state index < -0.39 is 0 Å². The van der Waals surface area contributed by atoms with Crippen LogP contribution in [0.25, 0.3) is 10.6 Å². The molecule has 1 aromatic heterocycles. The minimum absolute atomic E-state index is 0.0377. The first-order chi connectivity index (χ1) is 11.3. The van der Waals surface area contributed by atoms with Crippen LogP contribution in [0.3, 0.4) is 0 Å². The van der Waals surface area contributed by atoms with Crippen molar-refractivity contribution in [2.24, 2.45) is 0 Å². The number of aromatic nitrogens is 1. The second-order valence-corrected chi connectivity index (χ2v) is 7.45. The van der Waals surface area contributed by atoms with Crippen LogP contribution in [-0.4, -0.2) is 47.2 Å². The van der Waals surface area contributed by atoms with Crippen molar-refractivity contribution in [1.29, 1.82) is 0 Å². The predicted molar refractivity (Wildman–Crippen MR) is 91.5 cm³/mol. The van der Waals surface area contributed by atoms with E-state index in [1.807, 2.05) is 40.2 Å². The molecule has 0 spiro atoms. The quantitative estimate of drug-likeness (QED) is 0.835. The van der Waals surface area contributed by atoms with Gasteiger partial charge in [0.25, 0.3) is 5.91 Å². The Morgan fingerprint density at radius 1 is 1.17 bits per heavy atom. The fourth-order valence-electron chi connectivity index (χ4n) is 2.65. The third-order valence-electron chi connectivity index (χ3n) is 3.85. The maximum Gasteiger partial charge on any atom is 0.273 e. The summed E-state index contributed by atoms with van der Waals surface area (Å²) in [6.07, 6.45) is 1.05. The Hall–Kier alpha value is -1.73. The number of carbonyl (C=O) groups excluding carboxylic acids is 1. The number of ether oxygens (including phenoxy) is 2. The van der Waals surface area contributed by atoms with Gasteiger partial charge in [0.05, 0.1) is 0 Å². The Morgan fingerprint density at radius 2 is 2.09 bits per heavy atom. The van der Waals surface area contributed by atoms with Gasteiger partial charge in [0.15, 0.2) is 11.5 Å². The number of nitrogens with zero attached hydrogens (tertiary/aromatic N) is 2. The standard InChI is InChI=1S/C16H16N2O3S2/c19-16(18-4-1-6-22-7-5-18)12-9-23-15(17-12)11-2-3-13-14(8-11)21-10-20-13/h2-3,8-9H,1,4-7,10H2. The van der Waals surface area contributed by atoms with E-state index in [1.165, 1.54) is 11.3 Å². The number of amides is 1. The smallest absolute Gasteiger partial charge is 0.273 e. The van der Waals surface area contributed by atoms with E-state index in [9.17, 15) is 4.79 Å². The summed E-state index contributed by atoms with van der Waals surface area (Å²) < 4.78 is 10.7. The van der Waals surface area contributed by atoms with Crippen molar-refractivity contribution >= 4 is 29.0 Å². The van der Waals surface area contributed by atoms with Gasteiger partial charge in [-0.1, -0.05) is 0 Å². The Balaban J connectivity index is 1.55. The lowest BCUT2D eigenvalue weighted by molar-refractivity contribution is 0.0763. The average Bonchev–Trinajstić information content (AvgIpc) is 3.16. The summed E-state index contributed by atoms with van der Waals surface area (Å²) in [4.78, 5) is 19.1. The maximum absolute atomic E-state index is 12.6. The highest BCUT2D eigenvalue weighted by Crippen LogP contribution is 2.36. The highest BCUT2D eigenvalue weighted by Gasteiger charge is 2.21. The van der Waals surface area contributed by atoms with Crippen molar-refractivity contribution < 1.29 is 14.3 Å². The van der Waals surface area contributed by atoms with Gasteiger partial charge in [-0.05, 0) is 30.4 Å². The van der Waals surface area contributed by atoms with E-state index in [0.29, 0.717) is 5.69 Å². The predicted octanol–water partition coefficient (Wildman–Crippen LogP) is 3.12. The maximum atomic E-state index is 12.6. The molecule has 1 fully saturated rings. The average molecular weight is 348 g/mol. The molecule has 0 bridgehead atoms. The number of carbonyl (C=O) groups is 1. The van der Waals surface area contributed by atoms with Gasteiger partial charge in [0.2, 0.25) is 6.79 Å². The molecular formula is C16H16N2O3S2. The Bertz CT molecular complexity index is 724. The normalized spacial score (nSPS) is 17.1. The first kappa shape index (κ1) is 14.8. The van der Waals surface area contributed by atoms with E-state index in [-0.39, 0.29) is 12.7 Å². The number of hydrogen-bond donors (Lipinski definition) is 0. The first-order valence-corrected chi connectivity index (χ1v) is 9.57. The fraction of sp³-hybridized carbons (Fsp3) is 0.375. The summed E-state index contributed by atoms with van der Waals surface area (Å²) >= 11 is 3.39. The molecule has 0 atom stereocenters. The van der Waals surface area contributed by atoms with Gasteiger partial charge in [0.1, 0.15) is 10.7 Å². The van der Waals surface area contributed by atoms with Gasteiger partial charge in [-0.25, -0.2) is 4.98 Å². The largest absolute Gasteiger partial charge is 0.454 e. The Morgan fingerprint density at radius 3 is 3.04 bits per heavy atom. The van der Waals surface area contributed by atoms with Crippen molar-refractivity contribution in [3.63, 3.8) is 0 Å². The van der Waals surface area contributed by atoms with Gasteiger partial charge >= 0.3 is 0 Å². The van der Waals surface area contributed by atoms with Crippen molar-refractivity contribution in [1.82, 2.24) is 9.88 Å². The van der Waals surface area contributed by atoms with Crippen LogP contribution in [0.15, 0.2) is 23.6 Å². The summed E-state index contributed by atoms with van der Waals surface area (Å²) in [6, 6.07) is 5.74. The molecule has 0 aliphatic carbocycles. The van der Waals surface area contributed by atoms with Gasteiger partial charge in [-0.2, -0.15) is 11.8 Å². The van der Waals surface area contributed by atoms with Crippen LogP contribution in [0, 0.1) is 0 Å². The molecular weight excluding hydrogens is 332 g/mol. The summed E-state index contributed by atoms with van der Waals surface area (Å²) in [7, 11) is 0. The van der Waals surface area contributed by atoms with Crippen LogP contribution in [0.1, 0.15) is 16.9 Å². The van der Waals surface area contributed by atoms with Crippen molar-refractivity contribution in [3.8, 4) is 22.1 Å². The molecule has 1 amide bonds. The number of benzene rings is 1. The third-order valence-corrected chi connectivity index (χ3v) is 5.79. The summed E-state index contributed by atoms with van der Waals surface area (Å²) in [5.41, 5.74) is 1.49. The lowest BCUT2D eigenvalue weighted by Gasteiger charge is -2.18. The molecule has 0 unspecified atom stereocenters. The molecule has 1 aromatic carbocycles. The molecule has 5 nitrogen and oxygen atoms in total. The molecule has 7 heteroatoms. The molecule has 120 valence electrons. The van der Waals surface area contributed by atoms with E-state index in [1.54, 1.807) is 0 Å². The number of fused-ring (bicyclic) bond motifs is 1. The molecule has 0 saturated carbocycles. The topological polar surface area (TPSA) is 51.7 Å². The van der Waals surface area contributed by atoms with Gasteiger partial charge in [0, 0.05) is 29.8 Å². The third kappa shape index (κ3) is 3.03. The molecule has 3 heterocycles. The molecule has 2 aliphatic rings. The summed E-state index contributed by atoms with van der Waals surface area (Å²) in [5, 5.41) is 2.68.